The van der Waals surface area contributed by atoms with Crippen LogP contribution in [0.5, 0.6) is 5.75 Å². The number of piperazine rings is 1. The number of rotatable bonds is 3. The molecule has 5 heteroatoms. The number of nitrogens with zero attached hydrogens (tertiary/aromatic N) is 2. The molecular weight excluding hydrogens is 280 g/mol. The number of hydrogen-bond acceptors (Lipinski definition) is 4. The zero-order valence-electron chi connectivity index (χ0n) is 13.1. The van der Waals surface area contributed by atoms with Crippen molar-refractivity contribution in [2.45, 2.75) is 31.4 Å². The summed E-state index contributed by atoms with van der Waals surface area (Å²) in [6.45, 7) is 3.16. The maximum Gasteiger partial charge on any atom is 0.253 e. The average molecular weight is 304 g/mol. The van der Waals surface area contributed by atoms with Crippen molar-refractivity contribution in [1.82, 2.24) is 9.80 Å². The molecule has 1 aromatic carbocycles. The van der Waals surface area contributed by atoms with Crippen LogP contribution in [0.1, 0.15) is 29.6 Å². The van der Waals surface area contributed by atoms with E-state index in [1.807, 2.05) is 29.2 Å². The molecule has 22 heavy (non-hydrogen) atoms. The Morgan fingerprint density at radius 3 is 2.36 bits per heavy atom. The topological polar surface area (TPSA) is 53.0 Å². The van der Waals surface area contributed by atoms with E-state index in [0.29, 0.717) is 11.6 Å². The first-order chi connectivity index (χ1) is 10.7. The van der Waals surface area contributed by atoms with Crippen LogP contribution in [0.4, 0.5) is 0 Å². The number of ether oxygens (including phenoxy) is 1. The van der Waals surface area contributed by atoms with E-state index in [4.69, 9.17) is 4.74 Å². The van der Waals surface area contributed by atoms with Crippen molar-refractivity contribution in [1.29, 1.82) is 0 Å². The highest BCUT2D eigenvalue weighted by Crippen LogP contribution is 2.25. The summed E-state index contributed by atoms with van der Waals surface area (Å²) in [5.74, 6) is 0.839. The highest BCUT2D eigenvalue weighted by molar-refractivity contribution is 5.94. The molecule has 0 aromatic heterocycles. The number of carbonyl (C=O) groups is 1. The van der Waals surface area contributed by atoms with E-state index in [-0.39, 0.29) is 12.0 Å². The van der Waals surface area contributed by atoms with E-state index in [0.717, 1.165) is 51.2 Å². The fourth-order valence-electron chi connectivity index (χ4n) is 3.52. The van der Waals surface area contributed by atoms with Gasteiger partial charge in [-0.3, -0.25) is 9.69 Å². The van der Waals surface area contributed by atoms with E-state index in [1.165, 1.54) is 0 Å². The first-order valence-corrected chi connectivity index (χ1v) is 8.04. The van der Waals surface area contributed by atoms with Crippen LogP contribution in [0.15, 0.2) is 24.3 Å². The lowest BCUT2D eigenvalue weighted by Gasteiger charge is -2.39. The molecule has 0 bridgehead atoms. The predicted molar refractivity (Wildman–Crippen MR) is 84.1 cm³/mol. The van der Waals surface area contributed by atoms with E-state index < -0.39 is 0 Å². The standard InChI is InChI=1S/C17H24N2O3/c1-22-14-7-5-13(6-8-14)17(21)19-11-9-18(10-12-19)15-3-2-4-16(15)20/h5-8,15-16,20H,2-4,9-12H2,1H3/t15-,16-/m0/s1. The van der Waals surface area contributed by atoms with E-state index in [2.05, 4.69) is 4.90 Å². The molecule has 120 valence electrons. The largest absolute Gasteiger partial charge is 0.497 e. The molecule has 3 rings (SSSR count). The third-order valence-electron chi connectivity index (χ3n) is 4.85. The Morgan fingerprint density at radius 2 is 1.82 bits per heavy atom. The summed E-state index contributed by atoms with van der Waals surface area (Å²) in [7, 11) is 1.62. The summed E-state index contributed by atoms with van der Waals surface area (Å²) in [6, 6.07) is 7.55. The molecule has 0 radical (unpaired) electrons. The second-order valence-corrected chi connectivity index (χ2v) is 6.12. The number of aliphatic hydroxyl groups excluding tert-OH is 1. The minimum Gasteiger partial charge on any atom is -0.497 e. The monoisotopic (exact) mass is 304 g/mol. The van der Waals surface area contributed by atoms with Crippen molar-refractivity contribution >= 4 is 5.91 Å². The number of aliphatic hydroxyl groups is 1. The van der Waals surface area contributed by atoms with Crippen molar-refractivity contribution in [3.63, 3.8) is 0 Å². The first kappa shape index (κ1) is 15.3. The fraction of sp³-hybridized carbons (Fsp3) is 0.588. The van der Waals surface area contributed by atoms with Crippen LogP contribution in [0.3, 0.4) is 0 Å². The van der Waals surface area contributed by atoms with Gasteiger partial charge in [0.15, 0.2) is 0 Å². The number of benzene rings is 1. The Hall–Kier alpha value is -1.59. The smallest absolute Gasteiger partial charge is 0.253 e. The van der Waals surface area contributed by atoms with Crippen molar-refractivity contribution in [3.05, 3.63) is 29.8 Å². The zero-order valence-corrected chi connectivity index (χ0v) is 13.1. The normalized spacial score (nSPS) is 26.2. The summed E-state index contributed by atoms with van der Waals surface area (Å²) in [6.07, 6.45) is 2.91. The van der Waals surface area contributed by atoms with E-state index >= 15 is 0 Å². The first-order valence-electron chi connectivity index (χ1n) is 8.04. The summed E-state index contributed by atoms with van der Waals surface area (Å²) in [4.78, 5) is 16.8. The van der Waals surface area contributed by atoms with Gasteiger partial charge in [-0.25, -0.2) is 0 Å². The van der Waals surface area contributed by atoms with Crippen LogP contribution < -0.4 is 4.74 Å². The molecule has 1 aromatic rings. The highest BCUT2D eigenvalue weighted by Gasteiger charge is 2.33. The van der Waals surface area contributed by atoms with Gasteiger partial charge in [-0.15, -0.1) is 0 Å². The van der Waals surface area contributed by atoms with E-state index in [1.54, 1.807) is 7.11 Å². The van der Waals surface area contributed by atoms with Gasteiger partial charge in [0.2, 0.25) is 0 Å². The molecule has 1 aliphatic heterocycles. The van der Waals surface area contributed by atoms with Crippen molar-refractivity contribution < 1.29 is 14.6 Å². The van der Waals surface area contributed by atoms with Crippen molar-refractivity contribution in [2.24, 2.45) is 0 Å². The Kier molecular flexibility index (Phi) is 4.64. The average Bonchev–Trinajstić information content (AvgIpc) is 3.00. The quantitative estimate of drug-likeness (QED) is 0.916. The molecule has 0 spiro atoms. The van der Waals surface area contributed by atoms with Gasteiger partial charge in [0.25, 0.3) is 5.91 Å². The lowest BCUT2D eigenvalue weighted by Crippen LogP contribution is -2.53. The maximum absolute atomic E-state index is 12.5. The number of methoxy groups -OCH3 is 1. The third-order valence-corrected chi connectivity index (χ3v) is 4.85. The van der Waals surface area contributed by atoms with Crippen LogP contribution in [-0.4, -0.2) is 66.2 Å². The summed E-state index contributed by atoms with van der Waals surface area (Å²) in [5, 5.41) is 10.0. The van der Waals surface area contributed by atoms with Gasteiger partial charge in [0, 0.05) is 37.8 Å². The lowest BCUT2D eigenvalue weighted by molar-refractivity contribution is 0.0315. The summed E-state index contributed by atoms with van der Waals surface area (Å²) < 4.78 is 5.12. The Bertz CT molecular complexity index is 509. The molecule has 2 atom stereocenters. The zero-order chi connectivity index (χ0) is 15.5. The van der Waals surface area contributed by atoms with Crippen molar-refractivity contribution in [3.8, 4) is 5.75 Å². The molecule has 1 heterocycles. The van der Waals surface area contributed by atoms with Gasteiger partial charge in [-0.1, -0.05) is 0 Å². The van der Waals surface area contributed by atoms with E-state index in [9.17, 15) is 9.90 Å². The van der Waals surface area contributed by atoms with Crippen LogP contribution in [0.25, 0.3) is 0 Å². The van der Waals surface area contributed by atoms with Gasteiger partial charge in [-0.05, 0) is 43.5 Å². The van der Waals surface area contributed by atoms with Crippen LogP contribution in [0.2, 0.25) is 0 Å². The highest BCUT2D eigenvalue weighted by atomic mass is 16.5. The van der Waals surface area contributed by atoms with Gasteiger partial charge in [0.05, 0.1) is 13.2 Å². The minimum atomic E-state index is -0.191. The van der Waals surface area contributed by atoms with Gasteiger partial charge in [0.1, 0.15) is 5.75 Å². The molecule has 2 fully saturated rings. The number of amides is 1. The third kappa shape index (κ3) is 3.10. The molecule has 1 amide bonds. The van der Waals surface area contributed by atoms with Gasteiger partial charge in [-0.2, -0.15) is 0 Å². The van der Waals surface area contributed by atoms with Gasteiger partial charge >= 0.3 is 0 Å². The molecular formula is C17H24N2O3. The molecule has 5 nitrogen and oxygen atoms in total. The molecule has 1 saturated heterocycles. The fourth-order valence-corrected chi connectivity index (χ4v) is 3.52. The second kappa shape index (κ2) is 6.67. The number of carbonyl (C=O) groups excluding carboxylic acids is 1. The predicted octanol–water partition coefficient (Wildman–Crippen LogP) is 1.37. The Morgan fingerprint density at radius 1 is 1.14 bits per heavy atom. The molecule has 1 aliphatic carbocycles. The van der Waals surface area contributed by atoms with Crippen LogP contribution >= 0.6 is 0 Å². The van der Waals surface area contributed by atoms with Gasteiger partial charge < -0.3 is 14.7 Å². The minimum absolute atomic E-state index is 0.0780. The SMILES string of the molecule is COc1ccc(C(=O)N2CCN([C@H]3CCC[C@@H]3O)CC2)cc1. The van der Waals surface area contributed by atoms with Crippen LogP contribution in [-0.2, 0) is 0 Å². The second-order valence-electron chi connectivity index (χ2n) is 6.12. The Labute approximate surface area is 131 Å². The summed E-state index contributed by atoms with van der Waals surface area (Å²) >= 11 is 0. The molecule has 0 unspecified atom stereocenters. The summed E-state index contributed by atoms with van der Waals surface area (Å²) in [5.41, 5.74) is 0.704. The maximum atomic E-state index is 12.5. The molecule has 1 N–H and O–H groups in total. The lowest BCUT2D eigenvalue weighted by atomic mass is 10.1. The molecule has 2 aliphatic rings. The van der Waals surface area contributed by atoms with Crippen LogP contribution in [0, 0.1) is 0 Å². The molecule has 1 saturated carbocycles. The number of hydrogen-bond donors (Lipinski definition) is 1. The Balaban J connectivity index is 1.57. The van der Waals surface area contributed by atoms with Crippen molar-refractivity contribution in [2.75, 3.05) is 33.3 Å².